The number of hydrogen-bond acceptors (Lipinski definition) is 3. The zero-order valence-electron chi connectivity index (χ0n) is 10.2. The van der Waals surface area contributed by atoms with Crippen molar-refractivity contribution in [1.82, 2.24) is 19.4 Å². The van der Waals surface area contributed by atoms with Gasteiger partial charge in [0.15, 0.2) is 0 Å². The lowest BCUT2D eigenvalue weighted by Crippen LogP contribution is -2.50. The maximum absolute atomic E-state index is 12.0. The van der Waals surface area contributed by atoms with E-state index < -0.39 is 0 Å². The minimum atomic E-state index is -0.00176. The Morgan fingerprint density at radius 2 is 1.89 bits per heavy atom. The lowest BCUT2D eigenvalue weighted by atomic mass is 10.3. The molecule has 2 rings (SSSR count). The molecule has 1 aliphatic heterocycles. The highest BCUT2D eigenvalue weighted by Gasteiger charge is 2.22. The highest BCUT2D eigenvalue weighted by atomic mass is 35.5. The zero-order chi connectivity index (χ0) is 13.1. The van der Waals surface area contributed by atoms with Crippen LogP contribution in [0.2, 0.25) is 5.28 Å². The minimum absolute atomic E-state index is 0.00176. The average Bonchev–Trinajstić information content (AvgIpc) is 2.75. The fourth-order valence-corrected chi connectivity index (χ4v) is 2.12. The molecule has 0 N–H and O–H groups in total. The van der Waals surface area contributed by atoms with Crippen molar-refractivity contribution in [3.8, 4) is 0 Å². The number of amides is 2. The van der Waals surface area contributed by atoms with Gasteiger partial charge in [0.2, 0.25) is 17.1 Å². The van der Waals surface area contributed by atoms with Crippen LogP contribution in [0.1, 0.15) is 6.92 Å². The fourth-order valence-electron chi connectivity index (χ4n) is 1.95. The molecule has 1 aromatic heterocycles. The molecule has 6 nitrogen and oxygen atoms in total. The van der Waals surface area contributed by atoms with E-state index in [9.17, 15) is 9.59 Å². The van der Waals surface area contributed by atoms with Gasteiger partial charge < -0.3 is 14.4 Å². The first-order chi connectivity index (χ1) is 8.58. The van der Waals surface area contributed by atoms with Gasteiger partial charge in [-0.05, 0) is 11.6 Å². The Balaban J connectivity index is 1.88. The summed E-state index contributed by atoms with van der Waals surface area (Å²) in [6.07, 6.45) is 3.23. The van der Waals surface area contributed by atoms with E-state index in [1.54, 1.807) is 33.7 Å². The van der Waals surface area contributed by atoms with E-state index in [0.29, 0.717) is 31.5 Å². The molecule has 0 bridgehead atoms. The number of imidazole rings is 1. The molecule has 18 heavy (non-hydrogen) atoms. The van der Waals surface area contributed by atoms with Crippen LogP contribution in [-0.2, 0) is 16.1 Å². The Kier molecular flexibility index (Phi) is 3.86. The molecule has 0 saturated carbocycles. The first kappa shape index (κ1) is 12.9. The Morgan fingerprint density at radius 1 is 1.28 bits per heavy atom. The third kappa shape index (κ3) is 2.81. The highest BCUT2D eigenvalue weighted by Crippen LogP contribution is 2.07. The second-order valence-corrected chi connectivity index (χ2v) is 4.55. The van der Waals surface area contributed by atoms with Crippen LogP contribution in [0.5, 0.6) is 0 Å². The Labute approximate surface area is 110 Å². The van der Waals surface area contributed by atoms with E-state index in [4.69, 9.17) is 11.6 Å². The SMILES string of the molecule is CC(=O)N1CCN(C(=O)Cn2ccnc2Cl)CC1. The number of nitrogens with zero attached hydrogens (tertiary/aromatic N) is 4. The molecule has 2 amide bonds. The highest BCUT2D eigenvalue weighted by molar-refractivity contribution is 6.28. The lowest BCUT2D eigenvalue weighted by molar-refractivity contribution is -0.138. The van der Waals surface area contributed by atoms with E-state index in [2.05, 4.69) is 4.98 Å². The molecule has 0 unspecified atom stereocenters. The third-order valence-corrected chi connectivity index (χ3v) is 3.36. The van der Waals surface area contributed by atoms with Crippen LogP contribution in [0.4, 0.5) is 0 Å². The molecule has 0 spiro atoms. The molecule has 1 saturated heterocycles. The van der Waals surface area contributed by atoms with Crippen LogP contribution in [0.3, 0.4) is 0 Å². The molecule has 0 aliphatic carbocycles. The molecule has 98 valence electrons. The van der Waals surface area contributed by atoms with Crippen LogP contribution >= 0.6 is 11.6 Å². The summed E-state index contributed by atoms with van der Waals surface area (Å²) in [4.78, 5) is 30.5. The van der Waals surface area contributed by atoms with Gasteiger partial charge in [-0.15, -0.1) is 0 Å². The molecule has 1 aliphatic rings. The van der Waals surface area contributed by atoms with E-state index in [-0.39, 0.29) is 18.4 Å². The van der Waals surface area contributed by atoms with Crippen LogP contribution in [0.15, 0.2) is 12.4 Å². The minimum Gasteiger partial charge on any atom is -0.339 e. The molecule has 0 aromatic carbocycles. The predicted molar refractivity (Wildman–Crippen MR) is 66.1 cm³/mol. The van der Waals surface area contributed by atoms with Crippen molar-refractivity contribution < 1.29 is 9.59 Å². The third-order valence-electron chi connectivity index (χ3n) is 3.05. The van der Waals surface area contributed by atoms with Crippen LogP contribution in [0, 0.1) is 0 Å². The first-order valence-electron chi connectivity index (χ1n) is 5.78. The molecular weight excluding hydrogens is 256 g/mol. The van der Waals surface area contributed by atoms with Crippen molar-refractivity contribution in [1.29, 1.82) is 0 Å². The van der Waals surface area contributed by atoms with E-state index >= 15 is 0 Å². The number of piperazine rings is 1. The van der Waals surface area contributed by atoms with Gasteiger partial charge in [0.05, 0.1) is 0 Å². The van der Waals surface area contributed by atoms with Crippen molar-refractivity contribution in [2.75, 3.05) is 26.2 Å². The van der Waals surface area contributed by atoms with Crippen LogP contribution < -0.4 is 0 Å². The number of hydrogen-bond donors (Lipinski definition) is 0. The Morgan fingerprint density at radius 3 is 2.39 bits per heavy atom. The smallest absolute Gasteiger partial charge is 0.242 e. The summed E-state index contributed by atoms with van der Waals surface area (Å²) in [7, 11) is 0. The number of carbonyl (C=O) groups excluding carboxylic acids is 2. The van der Waals surface area contributed by atoms with Gasteiger partial charge >= 0.3 is 0 Å². The normalized spacial score (nSPS) is 15.9. The van der Waals surface area contributed by atoms with Crippen molar-refractivity contribution in [2.24, 2.45) is 0 Å². The van der Waals surface area contributed by atoms with E-state index in [1.807, 2.05) is 0 Å². The second kappa shape index (κ2) is 5.39. The van der Waals surface area contributed by atoms with Gasteiger partial charge in [-0.25, -0.2) is 4.98 Å². The maximum Gasteiger partial charge on any atom is 0.242 e. The molecule has 1 fully saturated rings. The first-order valence-corrected chi connectivity index (χ1v) is 6.15. The molecule has 0 radical (unpaired) electrons. The molecule has 7 heteroatoms. The maximum atomic E-state index is 12.0. The number of halogens is 1. The molecular formula is C11H15ClN4O2. The van der Waals surface area contributed by atoms with Gasteiger partial charge in [0.1, 0.15) is 6.54 Å². The summed E-state index contributed by atoms with van der Waals surface area (Å²) in [6, 6.07) is 0. The summed E-state index contributed by atoms with van der Waals surface area (Å²) >= 11 is 5.82. The van der Waals surface area contributed by atoms with Crippen molar-refractivity contribution in [2.45, 2.75) is 13.5 Å². The van der Waals surface area contributed by atoms with Gasteiger partial charge in [0.25, 0.3) is 0 Å². The van der Waals surface area contributed by atoms with Gasteiger partial charge in [-0.2, -0.15) is 0 Å². The van der Waals surface area contributed by atoms with Gasteiger partial charge in [0, 0.05) is 45.5 Å². The second-order valence-electron chi connectivity index (χ2n) is 4.21. The predicted octanol–water partition coefficient (Wildman–Crippen LogP) is 0.227. The number of carbonyl (C=O) groups is 2. The van der Waals surface area contributed by atoms with E-state index in [1.165, 1.54) is 0 Å². The number of rotatable bonds is 2. The summed E-state index contributed by atoms with van der Waals surface area (Å²) in [6.45, 7) is 4.08. The van der Waals surface area contributed by atoms with Gasteiger partial charge in [-0.1, -0.05) is 0 Å². The van der Waals surface area contributed by atoms with Crippen molar-refractivity contribution >= 4 is 23.4 Å². The summed E-state index contributed by atoms with van der Waals surface area (Å²) in [5, 5.41) is 0.311. The Hall–Kier alpha value is -1.56. The van der Waals surface area contributed by atoms with Crippen LogP contribution in [0.25, 0.3) is 0 Å². The number of aromatic nitrogens is 2. The fraction of sp³-hybridized carbons (Fsp3) is 0.545. The monoisotopic (exact) mass is 270 g/mol. The van der Waals surface area contributed by atoms with Crippen molar-refractivity contribution in [3.63, 3.8) is 0 Å². The molecule has 1 aromatic rings. The van der Waals surface area contributed by atoms with E-state index in [0.717, 1.165) is 0 Å². The quantitative estimate of drug-likeness (QED) is 0.773. The summed E-state index contributed by atoms with van der Waals surface area (Å²) in [5.41, 5.74) is 0. The summed E-state index contributed by atoms with van der Waals surface area (Å²) in [5.74, 6) is 0.0536. The van der Waals surface area contributed by atoms with Crippen LogP contribution in [-0.4, -0.2) is 57.3 Å². The van der Waals surface area contributed by atoms with Gasteiger partial charge in [-0.3, -0.25) is 9.59 Å². The molecule has 0 atom stereocenters. The Bertz CT molecular complexity index is 452. The van der Waals surface area contributed by atoms with Crippen molar-refractivity contribution in [3.05, 3.63) is 17.7 Å². The summed E-state index contributed by atoms with van der Waals surface area (Å²) < 4.78 is 1.60. The standard InChI is InChI=1S/C11H15ClN4O2/c1-9(17)14-4-6-15(7-5-14)10(18)8-16-3-2-13-11(16)12/h2-3H,4-8H2,1H3. The molecule has 2 heterocycles. The topological polar surface area (TPSA) is 58.4 Å². The largest absolute Gasteiger partial charge is 0.339 e. The zero-order valence-corrected chi connectivity index (χ0v) is 10.9. The lowest BCUT2D eigenvalue weighted by Gasteiger charge is -2.34. The average molecular weight is 271 g/mol.